The van der Waals surface area contributed by atoms with Gasteiger partial charge in [-0.15, -0.1) is 0 Å². The van der Waals surface area contributed by atoms with Gasteiger partial charge in [-0.2, -0.15) is 22.5 Å². The SMILES string of the molecule is O=C(Nc1cccc(CNc2c(F)c(F)nc(F)c2F)c1)c1ccc(F)cc1. The fourth-order valence-electron chi connectivity index (χ4n) is 2.40. The molecule has 1 aromatic heterocycles. The molecule has 9 heteroatoms. The number of amides is 1. The summed E-state index contributed by atoms with van der Waals surface area (Å²) in [5, 5.41) is 4.86. The summed E-state index contributed by atoms with van der Waals surface area (Å²) in [6.07, 6.45) is 0. The molecule has 2 aromatic carbocycles. The van der Waals surface area contributed by atoms with Crippen molar-refractivity contribution in [2.24, 2.45) is 0 Å². The Balaban J connectivity index is 1.72. The predicted molar refractivity (Wildman–Crippen MR) is 92.2 cm³/mol. The Morgan fingerprint density at radius 2 is 1.54 bits per heavy atom. The second-order valence-corrected chi connectivity index (χ2v) is 5.71. The molecular weight excluding hydrogens is 381 g/mol. The van der Waals surface area contributed by atoms with Crippen molar-refractivity contribution in [2.75, 3.05) is 10.6 Å². The third-order valence-corrected chi connectivity index (χ3v) is 3.76. The van der Waals surface area contributed by atoms with Gasteiger partial charge in [0.1, 0.15) is 11.5 Å². The van der Waals surface area contributed by atoms with Gasteiger partial charge in [-0.25, -0.2) is 4.39 Å². The monoisotopic (exact) mass is 393 g/mol. The first-order chi connectivity index (χ1) is 13.3. The molecule has 1 heterocycles. The molecule has 4 nitrogen and oxygen atoms in total. The molecule has 28 heavy (non-hydrogen) atoms. The van der Waals surface area contributed by atoms with Crippen molar-refractivity contribution in [2.45, 2.75) is 6.54 Å². The van der Waals surface area contributed by atoms with Crippen molar-refractivity contribution in [3.63, 3.8) is 0 Å². The molecule has 0 aliphatic rings. The first kappa shape index (κ1) is 19.3. The van der Waals surface area contributed by atoms with Crippen LogP contribution in [0.5, 0.6) is 0 Å². The largest absolute Gasteiger partial charge is 0.376 e. The highest BCUT2D eigenvalue weighted by molar-refractivity contribution is 6.04. The number of rotatable bonds is 5. The van der Waals surface area contributed by atoms with Crippen LogP contribution in [0.15, 0.2) is 48.5 Å². The minimum Gasteiger partial charge on any atom is -0.376 e. The van der Waals surface area contributed by atoms with Crippen LogP contribution in [0.2, 0.25) is 0 Å². The molecule has 0 spiro atoms. The maximum Gasteiger partial charge on any atom is 0.255 e. The molecule has 0 aliphatic heterocycles. The molecule has 0 radical (unpaired) electrons. The van der Waals surface area contributed by atoms with E-state index in [1.807, 2.05) is 0 Å². The van der Waals surface area contributed by atoms with Crippen LogP contribution in [0.25, 0.3) is 0 Å². The zero-order valence-electron chi connectivity index (χ0n) is 14.1. The lowest BCUT2D eigenvalue weighted by Gasteiger charge is -2.11. The molecule has 1 amide bonds. The van der Waals surface area contributed by atoms with Crippen molar-refractivity contribution in [1.29, 1.82) is 0 Å². The Labute approximate surface area is 156 Å². The van der Waals surface area contributed by atoms with Crippen LogP contribution < -0.4 is 10.6 Å². The van der Waals surface area contributed by atoms with E-state index in [1.165, 1.54) is 18.2 Å². The van der Waals surface area contributed by atoms with Gasteiger partial charge < -0.3 is 10.6 Å². The lowest BCUT2D eigenvalue weighted by Crippen LogP contribution is -2.12. The highest BCUT2D eigenvalue weighted by Crippen LogP contribution is 2.23. The zero-order valence-corrected chi connectivity index (χ0v) is 14.1. The van der Waals surface area contributed by atoms with E-state index in [-0.39, 0.29) is 12.1 Å². The lowest BCUT2D eigenvalue weighted by molar-refractivity contribution is 0.102. The first-order valence-corrected chi connectivity index (χ1v) is 7.95. The number of pyridine rings is 1. The zero-order chi connectivity index (χ0) is 20.3. The Morgan fingerprint density at radius 3 is 2.18 bits per heavy atom. The lowest BCUT2D eigenvalue weighted by atomic mass is 10.1. The molecule has 0 atom stereocenters. The number of benzene rings is 2. The number of nitrogens with one attached hydrogen (secondary N) is 2. The number of aromatic nitrogens is 1. The normalized spacial score (nSPS) is 10.6. The third kappa shape index (κ3) is 4.25. The average Bonchev–Trinajstić information content (AvgIpc) is 2.67. The molecular formula is C19H12F5N3O. The van der Waals surface area contributed by atoms with Crippen LogP contribution in [-0.4, -0.2) is 10.9 Å². The van der Waals surface area contributed by atoms with Gasteiger partial charge in [-0.05, 0) is 42.0 Å². The Hall–Kier alpha value is -3.49. The van der Waals surface area contributed by atoms with Gasteiger partial charge in [-0.1, -0.05) is 12.1 Å². The predicted octanol–water partition coefficient (Wildman–Crippen LogP) is 4.64. The number of hydrogen-bond acceptors (Lipinski definition) is 3. The van der Waals surface area contributed by atoms with E-state index >= 15 is 0 Å². The summed E-state index contributed by atoms with van der Waals surface area (Å²) in [7, 11) is 0. The third-order valence-electron chi connectivity index (χ3n) is 3.76. The molecule has 0 saturated carbocycles. The van der Waals surface area contributed by atoms with Crippen LogP contribution in [-0.2, 0) is 6.54 Å². The molecule has 3 rings (SSSR count). The number of nitrogens with zero attached hydrogens (tertiary/aromatic N) is 1. The van der Waals surface area contributed by atoms with Crippen molar-refractivity contribution >= 4 is 17.3 Å². The summed E-state index contributed by atoms with van der Waals surface area (Å²) in [6.45, 7) is -0.184. The van der Waals surface area contributed by atoms with Gasteiger partial charge in [-0.3, -0.25) is 4.79 Å². The summed E-state index contributed by atoms with van der Waals surface area (Å²) in [5.74, 6) is -7.77. The molecule has 3 aromatic rings. The number of carbonyl (C=O) groups excluding carboxylic acids is 1. The Kier molecular flexibility index (Phi) is 5.53. The van der Waals surface area contributed by atoms with Crippen molar-refractivity contribution in [3.8, 4) is 0 Å². The molecule has 2 N–H and O–H groups in total. The van der Waals surface area contributed by atoms with Crippen molar-refractivity contribution < 1.29 is 26.7 Å². The fraction of sp³-hybridized carbons (Fsp3) is 0.0526. The second-order valence-electron chi connectivity index (χ2n) is 5.71. The van der Waals surface area contributed by atoms with Gasteiger partial charge in [0, 0.05) is 17.8 Å². The van der Waals surface area contributed by atoms with Crippen LogP contribution in [0, 0.1) is 29.3 Å². The topological polar surface area (TPSA) is 54.0 Å². The van der Waals surface area contributed by atoms with Gasteiger partial charge in [0.2, 0.25) is 11.6 Å². The van der Waals surface area contributed by atoms with Crippen LogP contribution in [0.4, 0.5) is 33.3 Å². The summed E-state index contributed by atoms with van der Waals surface area (Å²) in [4.78, 5) is 14.6. The number of carbonyl (C=O) groups is 1. The minimum absolute atomic E-state index is 0.184. The number of halogens is 5. The first-order valence-electron chi connectivity index (χ1n) is 7.95. The number of anilines is 2. The molecule has 0 saturated heterocycles. The molecule has 0 fully saturated rings. The maximum atomic E-state index is 13.6. The summed E-state index contributed by atoms with van der Waals surface area (Å²) in [6, 6.07) is 11.1. The van der Waals surface area contributed by atoms with Crippen LogP contribution >= 0.6 is 0 Å². The Morgan fingerprint density at radius 1 is 0.893 bits per heavy atom. The average molecular weight is 393 g/mol. The van der Waals surface area contributed by atoms with Crippen LogP contribution in [0.3, 0.4) is 0 Å². The molecule has 0 bridgehead atoms. The van der Waals surface area contributed by atoms with Gasteiger partial charge in [0.15, 0.2) is 0 Å². The van der Waals surface area contributed by atoms with E-state index in [0.717, 1.165) is 12.1 Å². The minimum atomic E-state index is -1.76. The quantitative estimate of drug-likeness (QED) is 0.491. The van der Waals surface area contributed by atoms with Gasteiger partial charge in [0.05, 0.1) is 0 Å². The van der Waals surface area contributed by atoms with Crippen LogP contribution in [0.1, 0.15) is 15.9 Å². The van der Waals surface area contributed by atoms with E-state index in [4.69, 9.17) is 0 Å². The summed E-state index contributed by atoms with van der Waals surface area (Å²) < 4.78 is 66.4. The van der Waals surface area contributed by atoms with Crippen molar-refractivity contribution in [1.82, 2.24) is 4.98 Å². The molecule has 144 valence electrons. The maximum absolute atomic E-state index is 13.6. The van der Waals surface area contributed by atoms with Crippen molar-refractivity contribution in [3.05, 3.63) is 89.0 Å². The van der Waals surface area contributed by atoms with E-state index in [2.05, 4.69) is 15.6 Å². The summed E-state index contributed by atoms with van der Waals surface area (Å²) in [5.41, 5.74) is 0.0811. The number of hydrogen-bond donors (Lipinski definition) is 2. The second kappa shape index (κ2) is 8.03. The molecule has 0 aliphatic carbocycles. The summed E-state index contributed by atoms with van der Waals surface area (Å²) >= 11 is 0. The smallest absolute Gasteiger partial charge is 0.255 e. The van der Waals surface area contributed by atoms with Gasteiger partial charge >= 0.3 is 0 Å². The fourth-order valence-corrected chi connectivity index (χ4v) is 2.40. The Bertz CT molecular complexity index is 999. The highest BCUT2D eigenvalue weighted by atomic mass is 19.2. The van der Waals surface area contributed by atoms with E-state index in [1.54, 1.807) is 18.2 Å². The van der Waals surface area contributed by atoms with Gasteiger partial charge in [0.25, 0.3) is 17.8 Å². The van der Waals surface area contributed by atoms with E-state index < -0.39 is 40.9 Å². The highest BCUT2D eigenvalue weighted by Gasteiger charge is 2.20. The molecule has 0 unspecified atom stereocenters. The standard InChI is InChI=1S/C19H12F5N3O/c20-12-6-4-11(5-7-12)19(28)26-13-3-1-2-10(8-13)9-25-16-14(21)17(23)27-18(24)15(16)22/h1-8H,9H2,(H,25,27)(H,26,28). The van der Waals surface area contributed by atoms with E-state index in [0.29, 0.717) is 11.3 Å². The van der Waals surface area contributed by atoms with E-state index in [9.17, 15) is 26.7 Å².